The molecule has 0 aliphatic carbocycles. The second kappa shape index (κ2) is 6.61. The van der Waals surface area contributed by atoms with Gasteiger partial charge in [-0.3, -0.25) is 4.79 Å². The quantitative estimate of drug-likeness (QED) is 0.756. The molecule has 0 aromatic rings. The van der Waals surface area contributed by atoms with Gasteiger partial charge in [-0.25, -0.2) is 0 Å². The van der Waals surface area contributed by atoms with Crippen LogP contribution in [0.2, 0.25) is 0 Å². The third-order valence-electron chi connectivity index (χ3n) is 3.06. The van der Waals surface area contributed by atoms with Gasteiger partial charge in [0.2, 0.25) is 5.91 Å². The van der Waals surface area contributed by atoms with Crippen molar-refractivity contribution in [3.05, 3.63) is 0 Å². The van der Waals surface area contributed by atoms with E-state index in [0.29, 0.717) is 19.0 Å². The van der Waals surface area contributed by atoms with Crippen molar-refractivity contribution in [3.63, 3.8) is 0 Å². The van der Waals surface area contributed by atoms with E-state index in [4.69, 9.17) is 5.73 Å². The molecule has 0 saturated carbocycles. The van der Waals surface area contributed by atoms with Gasteiger partial charge in [0.15, 0.2) is 0 Å². The summed E-state index contributed by atoms with van der Waals surface area (Å²) in [5, 5.41) is 3.39. The molecule has 1 saturated heterocycles. The molecule has 1 atom stereocenters. The van der Waals surface area contributed by atoms with E-state index in [-0.39, 0.29) is 11.3 Å². The summed E-state index contributed by atoms with van der Waals surface area (Å²) < 4.78 is 0. The van der Waals surface area contributed by atoms with Crippen LogP contribution in [0, 0.1) is 5.41 Å². The molecule has 5 heteroatoms. The van der Waals surface area contributed by atoms with Crippen LogP contribution >= 0.6 is 11.8 Å². The lowest BCUT2D eigenvalue weighted by atomic mass is 9.93. The Balaban J connectivity index is 2.35. The Morgan fingerprint density at radius 2 is 2.29 bits per heavy atom. The minimum atomic E-state index is -0.000840. The van der Waals surface area contributed by atoms with Gasteiger partial charge >= 0.3 is 0 Å². The third kappa shape index (κ3) is 5.27. The third-order valence-corrected chi connectivity index (χ3v) is 4.19. The van der Waals surface area contributed by atoms with E-state index in [1.54, 1.807) is 0 Å². The van der Waals surface area contributed by atoms with Gasteiger partial charge in [-0.1, -0.05) is 13.8 Å². The number of hydrogen-bond donors (Lipinski definition) is 2. The summed E-state index contributed by atoms with van der Waals surface area (Å²) >= 11 is 1.92. The fraction of sp³-hybridized carbons (Fsp3) is 0.917. The second-order valence-corrected chi connectivity index (χ2v) is 6.70. The van der Waals surface area contributed by atoms with Gasteiger partial charge in [0.25, 0.3) is 0 Å². The van der Waals surface area contributed by atoms with Crippen LogP contribution in [-0.2, 0) is 4.79 Å². The molecule has 100 valence electrons. The summed E-state index contributed by atoms with van der Waals surface area (Å²) in [6, 6.07) is 0.338. The van der Waals surface area contributed by atoms with Crippen molar-refractivity contribution in [2.45, 2.75) is 26.3 Å². The van der Waals surface area contributed by atoms with Crippen molar-refractivity contribution in [1.29, 1.82) is 0 Å². The molecule has 1 rings (SSSR count). The maximum absolute atomic E-state index is 12.0. The van der Waals surface area contributed by atoms with Crippen molar-refractivity contribution < 1.29 is 4.79 Å². The molecule has 1 aliphatic heterocycles. The van der Waals surface area contributed by atoms with Gasteiger partial charge in [-0.15, -0.1) is 0 Å². The van der Waals surface area contributed by atoms with Crippen LogP contribution in [0.1, 0.15) is 20.3 Å². The van der Waals surface area contributed by atoms with E-state index < -0.39 is 0 Å². The topological polar surface area (TPSA) is 58.4 Å². The van der Waals surface area contributed by atoms with Crippen LogP contribution in [0.15, 0.2) is 0 Å². The number of hydrogen-bond acceptors (Lipinski definition) is 4. The number of carbonyl (C=O) groups is 1. The lowest BCUT2D eigenvalue weighted by Gasteiger charge is -2.31. The molecule has 0 aromatic carbocycles. The Morgan fingerprint density at radius 3 is 2.82 bits per heavy atom. The highest BCUT2D eigenvalue weighted by Crippen LogP contribution is 2.16. The number of rotatable bonds is 5. The largest absolute Gasteiger partial charge is 0.345 e. The molecule has 1 amide bonds. The van der Waals surface area contributed by atoms with Crippen molar-refractivity contribution in [2.75, 3.05) is 38.2 Å². The van der Waals surface area contributed by atoms with E-state index >= 15 is 0 Å². The second-order valence-electron chi connectivity index (χ2n) is 5.55. The maximum atomic E-state index is 12.0. The van der Waals surface area contributed by atoms with Crippen molar-refractivity contribution in [2.24, 2.45) is 11.1 Å². The van der Waals surface area contributed by atoms with Gasteiger partial charge in [0.05, 0.1) is 0 Å². The molecule has 1 fully saturated rings. The zero-order chi connectivity index (χ0) is 12.9. The zero-order valence-corrected chi connectivity index (χ0v) is 12.0. The van der Waals surface area contributed by atoms with Crippen LogP contribution < -0.4 is 11.1 Å². The van der Waals surface area contributed by atoms with E-state index in [0.717, 1.165) is 24.6 Å². The number of nitrogens with zero attached hydrogens (tertiary/aromatic N) is 1. The van der Waals surface area contributed by atoms with Gasteiger partial charge in [0, 0.05) is 44.1 Å². The first-order chi connectivity index (χ1) is 7.94. The predicted octanol–water partition coefficient (Wildman–Crippen LogP) is 0.525. The maximum Gasteiger partial charge on any atom is 0.223 e. The molecule has 4 nitrogen and oxygen atoms in total. The van der Waals surface area contributed by atoms with E-state index in [9.17, 15) is 4.79 Å². The molecule has 1 unspecified atom stereocenters. The summed E-state index contributed by atoms with van der Waals surface area (Å²) in [7, 11) is 1.87. The highest BCUT2D eigenvalue weighted by molar-refractivity contribution is 7.99. The number of amides is 1. The fourth-order valence-corrected chi connectivity index (χ4v) is 2.86. The van der Waals surface area contributed by atoms with E-state index in [2.05, 4.69) is 19.2 Å². The lowest BCUT2D eigenvalue weighted by molar-refractivity contribution is -0.131. The molecule has 0 bridgehead atoms. The molecule has 1 aliphatic rings. The molecule has 0 radical (unpaired) electrons. The number of carbonyl (C=O) groups excluding carboxylic acids is 1. The molecular formula is C12H25N3OS. The average Bonchev–Trinajstić information content (AvgIpc) is 2.30. The van der Waals surface area contributed by atoms with E-state index in [1.807, 2.05) is 23.7 Å². The van der Waals surface area contributed by atoms with Gasteiger partial charge in [0.1, 0.15) is 0 Å². The Bertz CT molecular complexity index is 252. The number of nitrogens with two attached hydrogens (primary N) is 1. The summed E-state index contributed by atoms with van der Waals surface area (Å²) in [4.78, 5) is 13.9. The van der Waals surface area contributed by atoms with Crippen LogP contribution in [0.4, 0.5) is 0 Å². The Hall–Kier alpha value is -0.260. The smallest absolute Gasteiger partial charge is 0.223 e. The van der Waals surface area contributed by atoms with Gasteiger partial charge in [-0.2, -0.15) is 11.8 Å². The molecule has 17 heavy (non-hydrogen) atoms. The summed E-state index contributed by atoms with van der Waals surface area (Å²) in [5.74, 6) is 2.41. The van der Waals surface area contributed by atoms with Crippen LogP contribution in [0.3, 0.4) is 0 Å². The first-order valence-electron chi connectivity index (χ1n) is 6.20. The minimum absolute atomic E-state index is 0.000840. The first kappa shape index (κ1) is 14.8. The van der Waals surface area contributed by atoms with E-state index in [1.165, 1.54) is 0 Å². The molecule has 3 N–H and O–H groups in total. The number of thioether (sulfide) groups is 1. The Morgan fingerprint density at radius 1 is 1.59 bits per heavy atom. The SMILES string of the molecule is CN(CC(C)(C)CN)C(=O)CC1CSCCN1. The van der Waals surface area contributed by atoms with Crippen molar-refractivity contribution in [1.82, 2.24) is 10.2 Å². The van der Waals surface area contributed by atoms with Gasteiger partial charge in [-0.05, 0) is 12.0 Å². The van der Waals surface area contributed by atoms with Gasteiger partial charge < -0.3 is 16.0 Å². The van der Waals surface area contributed by atoms with Crippen LogP contribution in [0.25, 0.3) is 0 Å². The highest BCUT2D eigenvalue weighted by atomic mass is 32.2. The average molecular weight is 259 g/mol. The Kier molecular flexibility index (Phi) is 5.76. The Labute approximate surface area is 109 Å². The first-order valence-corrected chi connectivity index (χ1v) is 7.35. The van der Waals surface area contributed by atoms with Crippen LogP contribution in [-0.4, -0.2) is 55.0 Å². The summed E-state index contributed by atoms with van der Waals surface area (Å²) in [5.41, 5.74) is 5.68. The predicted molar refractivity (Wildman–Crippen MR) is 74.2 cm³/mol. The molecule has 1 heterocycles. The highest BCUT2D eigenvalue weighted by Gasteiger charge is 2.23. The normalized spacial score (nSPS) is 21.3. The summed E-state index contributed by atoms with van der Waals surface area (Å²) in [6.07, 6.45) is 0.601. The molecule has 0 spiro atoms. The number of nitrogens with one attached hydrogen (secondary N) is 1. The monoisotopic (exact) mass is 259 g/mol. The molecular weight excluding hydrogens is 234 g/mol. The lowest BCUT2D eigenvalue weighted by Crippen LogP contribution is -2.44. The standard InChI is InChI=1S/C12H25N3OS/c1-12(2,8-13)9-15(3)11(16)6-10-7-17-5-4-14-10/h10,14H,4-9,13H2,1-3H3. The van der Waals surface area contributed by atoms with Crippen LogP contribution in [0.5, 0.6) is 0 Å². The fourth-order valence-electron chi connectivity index (χ4n) is 1.91. The summed E-state index contributed by atoms with van der Waals surface area (Å²) in [6.45, 7) is 6.52. The van der Waals surface area contributed by atoms with Crippen molar-refractivity contribution in [3.8, 4) is 0 Å². The minimum Gasteiger partial charge on any atom is -0.345 e. The zero-order valence-electron chi connectivity index (χ0n) is 11.2. The molecule has 0 aromatic heterocycles. The van der Waals surface area contributed by atoms with Crippen molar-refractivity contribution >= 4 is 17.7 Å².